The summed E-state index contributed by atoms with van der Waals surface area (Å²) >= 11 is 0. The summed E-state index contributed by atoms with van der Waals surface area (Å²) in [6.45, 7) is 11.1. The first-order valence-corrected chi connectivity index (χ1v) is 6.41. The Balaban J connectivity index is 2.83. The van der Waals surface area contributed by atoms with Gasteiger partial charge in [0.15, 0.2) is 12.1 Å². The van der Waals surface area contributed by atoms with E-state index < -0.39 is 11.4 Å². The number of hydrogen-bond acceptors (Lipinski definition) is 5. The molecular formula is C13H26N2O3. The number of carbonyl (C=O) groups excluding carboxylic acids is 1. The average molecular weight is 258 g/mol. The van der Waals surface area contributed by atoms with Crippen LogP contribution in [0.1, 0.15) is 34.6 Å². The lowest BCUT2D eigenvalue weighted by Gasteiger charge is -2.51. The standard InChI is InChI=1S/C13H26N2O3/c1-10(14)6-15-7-13(8-16)11(2,3)9-17-12(4,5)18-13/h8,10,15H,6-7,9,14H2,1-5H3/t10-,13-/m0/s1. The van der Waals surface area contributed by atoms with Crippen molar-refractivity contribution in [3.63, 3.8) is 0 Å². The van der Waals surface area contributed by atoms with Crippen LogP contribution in [0.15, 0.2) is 0 Å². The molecule has 1 fully saturated rings. The van der Waals surface area contributed by atoms with E-state index in [-0.39, 0.29) is 11.5 Å². The highest BCUT2D eigenvalue weighted by molar-refractivity contribution is 5.65. The molecule has 5 heteroatoms. The fourth-order valence-corrected chi connectivity index (χ4v) is 2.07. The van der Waals surface area contributed by atoms with Gasteiger partial charge in [-0.15, -0.1) is 0 Å². The maximum absolute atomic E-state index is 11.6. The van der Waals surface area contributed by atoms with Crippen LogP contribution in [0.4, 0.5) is 0 Å². The Morgan fingerprint density at radius 1 is 1.39 bits per heavy atom. The molecule has 0 saturated carbocycles. The molecule has 0 bridgehead atoms. The van der Waals surface area contributed by atoms with Crippen molar-refractivity contribution in [2.45, 2.75) is 52.0 Å². The monoisotopic (exact) mass is 258 g/mol. The van der Waals surface area contributed by atoms with Gasteiger partial charge in [-0.2, -0.15) is 0 Å². The molecule has 18 heavy (non-hydrogen) atoms. The van der Waals surface area contributed by atoms with E-state index in [1.807, 2.05) is 34.6 Å². The van der Waals surface area contributed by atoms with Crippen molar-refractivity contribution in [2.24, 2.45) is 11.1 Å². The largest absolute Gasteiger partial charge is 0.350 e. The Morgan fingerprint density at radius 2 is 2.00 bits per heavy atom. The third-order valence-electron chi connectivity index (χ3n) is 3.40. The van der Waals surface area contributed by atoms with E-state index >= 15 is 0 Å². The molecule has 0 amide bonds. The molecule has 1 saturated heterocycles. The molecule has 0 aromatic rings. The van der Waals surface area contributed by atoms with E-state index in [0.29, 0.717) is 19.7 Å². The van der Waals surface area contributed by atoms with Crippen LogP contribution in [0.25, 0.3) is 0 Å². The molecule has 0 spiro atoms. The summed E-state index contributed by atoms with van der Waals surface area (Å²) in [4.78, 5) is 11.6. The van der Waals surface area contributed by atoms with E-state index in [2.05, 4.69) is 5.32 Å². The Morgan fingerprint density at radius 3 is 2.50 bits per heavy atom. The maximum Gasteiger partial charge on any atom is 0.164 e. The van der Waals surface area contributed by atoms with Crippen molar-refractivity contribution in [1.82, 2.24) is 5.32 Å². The van der Waals surface area contributed by atoms with Gasteiger partial charge in [-0.05, 0) is 20.8 Å². The highest BCUT2D eigenvalue weighted by atomic mass is 16.7. The molecule has 1 aliphatic heterocycles. The van der Waals surface area contributed by atoms with Gasteiger partial charge >= 0.3 is 0 Å². The lowest BCUT2D eigenvalue weighted by molar-refractivity contribution is -0.336. The van der Waals surface area contributed by atoms with Crippen molar-refractivity contribution in [3.05, 3.63) is 0 Å². The summed E-state index contributed by atoms with van der Waals surface area (Å²) in [6.07, 6.45) is 0.894. The summed E-state index contributed by atoms with van der Waals surface area (Å²) in [6, 6.07) is 0.0460. The lowest BCUT2D eigenvalue weighted by atomic mass is 9.74. The predicted octanol–water partition coefficient (Wildman–Crippen LogP) is 0.670. The number of aldehydes is 1. The molecule has 1 aliphatic rings. The molecule has 5 nitrogen and oxygen atoms in total. The number of nitrogens with two attached hydrogens (primary N) is 1. The van der Waals surface area contributed by atoms with Crippen LogP contribution in [0.5, 0.6) is 0 Å². The van der Waals surface area contributed by atoms with Crippen molar-refractivity contribution in [1.29, 1.82) is 0 Å². The van der Waals surface area contributed by atoms with Gasteiger partial charge in [-0.1, -0.05) is 13.8 Å². The summed E-state index contributed by atoms with van der Waals surface area (Å²) in [7, 11) is 0. The van der Waals surface area contributed by atoms with Gasteiger partial charge in [0.1, 0.15) is 5.60 Å². The number of rotatable bonds is 5. The van der Waals surface area contributed by atoms with Gasteiger partial charge < -0.3 is 25.3 Å². The smallest absolute Gasteiger partial charge is 0.164 e. The summed E-state index contributed by atoms with van der Waals surface area (Å²) in [5.41, 5.74) is 4.43. The topological polar surface area (TPSA) is 73.6 Å². The first kappa shape index (κ1) is 15.6. The Kier molecular flexibility index (Phi) is 4.54. The van der Waals surface area contributed by atoms with E-state index in [0.717, 1.165) is 6.29 Å². The molecule has 2 atom stereocenters. The average Bonchev–Trinajstić information content (AvgIpc) is 2.23. The van der Waals surface area contributed by atoms with Gasteiger partial charge in [-0.3, -0.25) is 0 Å². The highest BCUT2D eigenvalue weighted by Crippen LogP contribution is 2.41. The van der Waals surface area contributed by atoms with E-state index in [9.17, 15) is 4.79 Å². The fourth-order valence-electron chi connectivity index (χ4n) is 2.07. The first-order chi connectivity index (χ1) is 8.14. The zero-order chi connectivity index (χ0) is 14.0. The van der Waals surface area contributed by atoms with Crippen molar-refractivity contribution in [2.75, 3.05) is 19.7 Å². The molecule has 0 aromatic heterocycles. The van der Waals surface area contributed by atoms with Gasteiger partial charge in [0.2, 0.25) is 0 Å². The molecule has 0 unspecified atom stereocenters. The van der Waals surface area contributed by atoms with Crippen LogP contribution in [0.2, 0.25) is 0 Å². The van der Waals surface area contributed by atoms with E-state index in [1.165, 1.54) is 0 Å². The van der Waals surface area contributed by atoms with Crippen LogP contribution in [0, 0.1) is 5.41 Å². The molecule has 1 rings (SSSR count). The van der Waals surface area contributed by atoms with Crippen LogP contribution < -0.4 is 11.1 Å². The SMILES string of the molecule is C[C@H](N)CNC[C@@]1(C=O)OC(C)(C)OCC1(C)C. The summed E-state index contributed by atoms with van der Waals surface area (Å²) < 4.78 is 11.5. The van der Waals surface area contributed by atoms with Gasteiger partial charge in [0.05, 0.1) is 6.61 Å². The highest BCUT2D eigenvalue weighted by Gasteiger charge is 2.53. The van der Waals surface area contributed by atoms with E-state index in [1.54, 1.807) is 0 Å². The molecule has 3 N–H and O–H groups in total. The minimum atomic E-state index is -0.885. The number of nitrogens with one attached hydrogen (secondary N) is 1. The minimum Gasteiger partial charge on any atom is -0.350 e. The number of carbonyl (C=O) groups is 1. The second-order valence-electron chi connectivity index (χ2n) is 6.29. The summed E-state index contributed by atoms with van der Waals surface area (Å²) in [5, 5.41) is 3.20. The zero-order valence-corrected chi connectivity index (χ0v) is 12.1. The van der Waals surface area contributed by atoms with Gasteiger partial charge in [0, 0.05) is 24.5 Å². The maximum atomic E-state index is 11.6. The Bertz CT molecular complexity index is 303. The number of hydrogen-bond donors (Lipinski definition) is 2. The van der Waals surface area contributed by atoms with Crippen LogP contribution in [-0.4, -0.2) is 43.4 Å². The molecule has 106 valence electrons. The lowest BCUT2D eigenvalue weighted by Crippen LogP contribution is -2.65. The minimum absolute atomic E-state index is 0.0460. The molecule has 1 heterocycles. The summed E-state index contributed by atoms with van der Waals surface area (Å²) in [5.74, 6) is -0.744. The normalized spacial score (nSPS) is 31.9. The molecular weight excluding hydrogens is 232 g/mol. The van der Waals surface area contributed by atoms with Crippen LogP contribution in [-0.2, 0) is 14.3 Å². The third kappa shape index (κ3) is 3.29. The van der Waals surface area contributed by atoms with Crippen molar-refractivity contribution in [3.8, 4) is 0 Å². The third-order valence-corrected chi connectivity index (χ3v) is 3.40. The van der Waals surface area contributed by atoms with Crippen LogP contribution in [0.3, 0.4) is 0 Å². The fraction of sp³-hybridized carbons (Fsp3) is 0.923. The van der Waals surface area contributed by atoms with Crippen molar-refractivity contribution < 1.29 is 14.3 Å². The quantitative estimate of drug-likeness (QED) is 0.709. The van der Waals surface area contributed by atoms with Crippen molar-refractivity contribution >= 4 is 6.29 Å². The molecule has 0 aliphatic carbocycles. The zero-order valence-electron chi connectivity index (χ0n) is 12.1. The van der Waals surface area contributed by atoms with Gasteiger partial charge in [-0.25, -0.2) is 0 Å². The Labute approximate surface area is 109 Å². The van der Waals surface area contributed by atoms with Crippen LogP contribution >= 0.6 is 0 Å². The molecule has 0 aromatic carbocycles. The van der Waals surface area contributed by atoms with E-state index in [4.69, 9.17) is 15.2 Å². The Hall–Kier alpha value is -0.490. The second kappa shape index (κ2) is 5.25. The number of ether oxygens (including phenoxy) is 2. The predicted molar refractivity (Wildman–Crippen MR) is 70.2 cm³/mol. The second-order valence-corrected chi connectivity index (χ2v) is 6.29. The molecule has 0 radical (unpaired) electrons. The van der Waals surface area contributed by atoms with Gasteiger partial charge in [0.25, 0.3) is 0 Å². The first-order valence-electron chi connectivity index (χ1n) is 6.41.